The minimum Gasteiger partial charge on any atom is -0.345 e. The van der Waals surface area contributed by atoms with Gasteiger partial charge in [0.05, 0.1) is 22.7 Å². The molecule has 1 amide bonds. The third-order valence-electron chi connectivity index (χ3n) is 4.23. The van der Waals surface area contributed by atoms with Gasteiger partial charge in [0.15, 0.2) is 0 Å². The Kier molecular flexibility index (Phi) is 4.68. The van der Waals surface area contributed by atoms with E-state index in [2.05, 4.69) is 10.3 Å². The highest BCUT2D eigenvalue weighted by Gasteiger charge is 2.37. The molecule has 3 aromatic rings. The molecule has 134 valence electrons. The number of fused-ring (bicyclic) bond motifs is 1. The van der Waals surface area contributed by atoms with Crippen LogP contribution in [0.4, 0.5) is 13.2 Å². The molecule has 1 heterocycles. The van der Waals surface area contributed by atoms with E-state index in [4.69, 9.17) is 0 Å². The molecule has 3 rings (SSSR count). The van der Waals surface area contributed by atoms with E-state index in [-0.39, 0.29) is 10.9 Å². The average molecular weight is 358 g/mol. The Hall–Kier alpha value is -2.89. The first kappa shape index (κ1) is 17.9. The molecular weight excluding hydrogens is 341 g/mol. The predicted molar refractivity (Wildman–Crippen MR) is 93.8 cm³/mol. The second-order valence-electron chi connectivity index (χ2n) is 6.17. The van der Waals surface area contributed by atoms with Crippen LogP contribution >= 0.6 is 0 Å². The van der Waals surface area contributed by atoms with Crippen LogP contribution in [0.1, 0.15) is 40.0 Å². The zero-order chi connectivity index (χ0) is 18.9. The molecule has 1 atom stereocenters. The van der Waals surface area contributed by atoms with Crippen LogP contribution in [0.3, 0.4) is 0 Å². The third kappa shape index (κ3) is 3.54. The Morgan fingerprint density at radius 3 is 2.38 bits per heavy atom. The van der Waals surface area contributed by atoms with Gasteiger partial charge >= 0.3 is 6.18 Å². The first-order chi connectivity index (χ1) is 12.3. The zero-order valence-corrected chi connectivity index (χ0v) is 14.3. The fraction of sp³-hybridized carbons (Fsp3) is 0.200. The molecule has 1 aromatic heterocycles. The summed E-state index contributed by atoms with van der Waals surface area (Å²) in [6.45, 7) is 3.66. The van der Waals surface area contributed by atoms with Crippen molar-refractivity contribution in [3.8, 4) is 0 Å². The molecule has 2 aromatic carbocycles. The maximum Gasteiger partial charge on any atom is 0.417 e. The molecule has 0 aliphatic heterocycles. The van der Waals surface area contributed by atoms with Crippen LogP contribution < -0.4 is 5.32 Å². The van der Waals surface area contributed by atoms with Gasteiger partial charge in [0.2, 0.25) is 0 Å². The largest absolute Gasteiger partial charge is 0.417 e. The summed E-state index contributed by atoms with van der Waals surface area (Å²) in [7, 11) is 0. The van der Waals surface area contributed by atoms with Crippen molar-refractivity contribution >= 4 is 16.8 Å². The molecule has 0 aliphatic rings. The monoisotopic (exact) mass is 358 g/mol. The summed E-state index contributed by atoms with van der Waals surface area (Å²) in [6.07, 6.45) is -3.68. The van der Waals surface area contributed by atoms with Gasteiger partial charge in [-0.1, -0.05) is 48.0 Å². The number of hydrogen-bond donors (Lipinski definition) is 1. The number of hydrogen-bond acceptors (Lipinski definition) is 2. The number of carbonyl (C=O) groups excluding carboxylic acids is 1. The Morgan fingerprint density at radius 1 is 1.08 bits per heavy atom. The molecule has 0 spiro atoms. The lowest BCUT2D eigenvalue weighted by molar-refractivity contribution is -0.136. The molecular formula is C20H17F3N2O. The van der Waals surface area contributed by atoms with Gasteiger partial charge in [-0.2, -0.15) is 13.2 Å². The molecule has 0 radical (unpaired) electrons. The number of pyridine rings is 1. The van der Waals surface area contributed by atoms with Crippen molar-refractivity contribution in [2.24, 2.45) is 0 Å². The fourth-order valence-corrected chi connectivity index (χ4v) is 2.83. The number of alkyl halides is 3. The first-order valence-corrected chi connectivity index (χ1v) is 8.09. The van der Waals surface area contributed by atoms with Crippen molar-refractivity contribution in [3.05, 3.63) is 77.0 Å². The van der Waals surface area contributed by atoms with E-state index in [1.165, 1.54) is 18.2 Å². The summed E-state index contributed by atoms with van der Waals surface area (Å²) in [5.74, 6) is -0.802. The lowest BCUT2D eigenvalue weighted by atomic mass is 10.0. The number of aryl methyl sites for hydroxylation is 1. The molecule has 1 unspecified atom stereocenters. The summed E-state index contributed by atoms with van der Waals surface area (Å²) >= 11 is 0. The van der Waals surface area contributed by atoms with Crippen molar-refractivity contribution in [2.75, 3.05) is 0 Å². The smallest absolute Gasteiger partial charge is 0.345 e. The Morgan fingerprint density at radius 2 is 1.73 bits per heavy atom. The summed E-state index contributed by atoms with van der Waals surface area (Å²) < 4.78 is 40.9. The highest BCUT2D eigenvalue weighted by atomic mass is 19.4. The molecule has 1 N–H and O–H groups in total. The van der Waals surface area contributed by atoms with Gasteiger partial charge < -0.3 is 5.32 Å². The Bertz CT molecular complexity index is 949. The maximum atomic E-state index is 13.6. The average Bonchev–Trinajstić information content (AvgIpc) is 2.60. The van der Waals surface area contributed by atoms with Gasteiger partial charge in [-0.3, -0.25) is 9.78 Å². The standard InChI is InChI=1S/C20H17F3N2O/c1-12-7-9-14(10-8-12)13(2)25-19(26)16-11-24-17-6-4-3-5-15(17)18(16)20(21,22)23/h3-11,13H,1-2H3,(H,25,26). The number of aromatic nitrogens is 1. The molecule has 6 heteroatoms. The van der Waals surface area contributed by atoms with Crippen LogP contribution in [0, 0.1) is 6.92 Å². The van der Waals surface area contributed by atoms with Crippen LogP contribution in [0.15, 0.2) is 54.7 Å². The van der Waals surface area contributed by atoms with E-state index in [9.17, 15) is 18.0 Å². The summed E-state index contributed by atoms with van der Waals surface area (Å²) in [5.41, 5.74) is 0.631. The van der Waals surface area contributed by atoms with Crippen LogP contribution in [0.25, 0.3) is 10.9 Å². The third-order valence-corrected chi connectivity index (χ3v) is 4.23. The van der Waals surface area contributed by atoms with E-state index >= 15 is 0 Å². The number of amides is 1. The number of rotatable bonds is 3. The van der Waals surface area contributed by atoms with Gasteiger partial charge in [-0.25, -0.2) is 0 Å². The quantitative estimate of drug-likeness (QED) is 0.712. The molecule has 0 fully saturated rings. The SMILES string of the molecule is Cc1ccc(C(C)NC(=O)c2cnc3ccccc3c2C(F)(F)F)cc1. The second-order valence-corrected chi connectivity index (χ2v) is 6.17. The Labute approximate surface area is 148 Å². The lowest BCUT2D eigenvalue weighted by Gasteiger charge is -2.18. The number of nitrogens with one attached hydrogen (secondary N) is 1. The topological polar surface area (TPSA) is 42.0 Å². The molecule has 0 bridgehead atoms. The highest BCUT2D eigenvalue weighted by molar-refractivity contribution is 6.00. The van der Waals surface area contributed by atoms with Crippen molar-refractivity contribution in [1.29, 1.82) is 0 Å². The molecule has 26 heavy (non-hydrogen) atoms. The van der Waals surface area contributed by atoms with E-state index in [0.717, 1.165) is 17.3 Å². The van der Waals surface area contributed by atoms with E-state index < -0.39 is 29.3 Å². The van der Waals surface area contributed by atoms with E-state index in [1.807, 2.05) is 31.2 Å². The normalized spacial score (nSPS) is 12.8. The number of halogens is 3. The van der Waals surface area contributed by atoms with Crippen LogP contribution in [0.5, 0.6) is 0 Å². The van der Waals surface area contributed by atoms with Crippen LogP contribution in [-0.4, -0.2) is 10.9 Å². The van der Waals surface area contributed by atoms with E-state index in [1.54, 1.807) is 13.0 Å². The van der Waals surface area contributed by atoms with Crippen molar-refractivity contribution in [3.63, 3.8) is 0 Å². The number of carbonyl (C=O) groups is 1. The fourth-order valence-electron chi connectivity index (χ4n) is 2.83. The molecule has 0 saturated carbocycles. The van der Waals surface area contributed by atoms with Gasteiger partial charge in [0.1, 0.15) is 0 Å². The maximum absolute atomic E-state index is 13.6. The van der Waals surface area contributed by atoms with Gasteiger partial charge in [-0.15, -0.1) is 0 Å². The van der Waals surface area contributed by atoms with Gasteiger partial charge in [0, 0.05) is 11.6 Å². The summed E-state index contributed by atoms with van der Waals surface area (Å²) in [6, 6.07) is 12.9. The molecule has 0 aliphatic carbocycles. The lowest BCUT2D eigenvalue weighted by Crippen LogP contribution is -2.29. The first-order valence-electron chi connectivity index (χ1n) is 8.09. The highest BCUT2D eigenvalue weighted by Crippen LogP contribution is 2.36. The van der Waals surface area contributed by atoms with Crippen molar-refractivity contribution in [2.45, 2.75) is 26.1 Å². The van der Waals surface area contributed by atoms with E-state index in [0.29, 0.717) is 0 Å². The zero-order valence-electron chi connectivity index (χ0n) is 14.3. The number of benzene rings is 2. The Balaban J connectivity index is 1.99. The van der Waals surface area contributed by atoms with Crippen LogP contribution in [0.2, 0.25) is 0 Å². The van der Waals surface area contributed by atoms with Gasteiger partial charge in [0.25, 0.3) is 5.91 Å². The minimum absolute atomic E-state index is 0.0874. The van der Waals surface area contributed by atoms with Crippen LogP contribution in [-0.2, 0) is 6.18 Å². The molecule has 0 saturated heterocycles. The van der Waals surface area contributed by atoms with Crippen molar-refractivity contribution < 1.29 is 18.0 Å². The summed E-state index contributed by atoms with van der Waals surface area (Å²) in [5, 5.41) is 2.54. The molecule has 3 nitrogen and oxygen atoms in total. The predicted octanol–water partition coefficient (Wildman–Crippen LogP) is 5.05. The van der Waals surface area contributed by atoms with Gasteiger partial charge in [-0.05, 0) is 25.5 Å². The minimum atomic E-state index is -4.66. The summed E-state index contributed by atoms with van der Waals surface area (Å²) in [4.78, 5) is 16.6. The number of para-hydroxylation sites is 1. The van der Waals surface area contributed by atoms with Crippen molar-refractivity contribution in [1.82, 2.24) is 10.3 Å². The number of nitrogens with zero attached hydrogens (tertiary/aromatic N) is 1. The second kappa shape index (κ2) is 6.78.